The van der Waals surface area contributed by atoms with Gasteiger partial charge in [-0.2, -0.15) is 5.26 Å². The third-order valence-electron chi connectivity index (χ3n) is 2.57. The van der Waals surface area contributed by atoms with Crippen LogP contribution in [0, 0.1) is 29.9 Å². The monoisotopic (exact) mass is 259 g/mol. The predicted molar refractivity (Wildman–Crippen MR) is 66.1 cm³/mol. The van der Waals surface area contributed by atoms with Crippen molar-refractivity contribution >= 4 is 0 Å². The Balaban J connectivity index is 2.44. The molecule has 0 bridgehead atoms. The lowest BCUT2D eigenvalue weighted by atomic mass is 10.1. The van der Waals surface area contributed by atoms with Crippen molar-refractivity contribution in [2.24, 2.45) is 0 Å². The molecule has 0 spiro atoms. The van der Waals surface area contributed by atoms with Crippen LogP contribution in [0.3, 0.4) is 0 Å². The van der Waals surface area contributed by atoms with Crippen LogP contribution in [-0.4, -0.2) is 9.97 Å². The summed E-state index contributed by atoms with van der Waals surface area (Å²) < 4.78 is 26.6. The van der Waals surface area contributed by atoms with Gasteiger partial charge in [0.2, 0.25) is 0 Å². The molecule has 5 heteroatoms. The summed E-state index contributed by atoms with van der Waals surface area (Å²) in [4.78, 5) is 8.39. The van der Waals surface area contributed by atoms with E-state index < -0.39 is 11.6 Å². The molecule has 0 unspecified atom stereocenters. The molecule has 2 rings (SSSR count). The SMILES string of the molecule is Cc1cc(-c2ccc(F)cc2F)nc(CCC#N)n1. The first kappa shape index (κ1) is 13.1. The molecule has 0 amide bonds. The lowest BCUT2D eigenvalue weighted by Crippen LogP contribution is -2.00. The predicted octanol–water partition coefficient (Wildman–Crippen LogP) is 3.19. The molecule has 3 nitrogen and oxygen atoms in total. The van der Waals surface area contributed by atoms with E-state index in [1.165, 1.54) is 12.1 Å². The van der Waals surface area contributed by atoms with E-state index in [4.69, 9.17) is 5.26 Å². The summed E-state index contributed by atoms with van der Waals surface area (Å²) in [5.41, 5.74) is 1.31. The van der Waals surface area contributed by atoms with Gasteiger partial charge in [0.15, 0.2) is 0 Å². The lowest BCUT2D eigenvalue weighted by Gasteiger charge is -2.06. The van der Waals surface area contributed by atoms with E-state index in [9.17, 15) is 8.78 Å². The van der Waals surface area contributed by atoms with Gasteiger partial charge >= 0.3 is 0 Å². The Morgan fingerprint density at radius 3 is 2.68 bits per heavy atom. The van der Waals surface area contributed by atoms with Crippen molar-refractivity contribution in [3.05, 3.63) is 47.4 Å². The van der Waals surface area contributed by atoms with Gasteiger partial charge in [0.1, 0.15) is 17.5 Å². The number of hydrogen-bond donors (Lipinski definition) is 0. The Kier molecular flexibility index (Phi) is 3.81. The number of nitriles is 1. The summed E-state index contributed by atoms with van der Waals surface area (Å²) in [5, 5.41) is 8.55. The van der Waals surface area contributed by atoms with Crippen molar-refractivity contribution < 1.29 is 8.78 Å². The number of nitrogens with zero attached hydrogens (tertiary/aromatic N) is 3. The molecule has 1 aromatic carbocycles. The van der Waals surface area contributed by atoms with E-state index in [-0.39, 0.29) is 5.56 Å². The summed E-state index contributed by atoms with van der Waals surface area (Å²) in [5.74, 6) is -0.804. The smallest absolute Gasteiger partial charge is 0.135 e. The fourth-order valence-corrected chi connectivity index (χ4v) is 1.74. The second-order valence-corrected chi connectivity index (χ2v) is 4.09. The van der Waals surface area contributed by atoms with Crippen LogP contribution in [0.1, 0.15) is 17.9 Å². The third kappa shape index (κ3) is 3.10. The Labute approximate surface area is 109 Å². The van der Waals surface area contributed by atoms with Crippen LogP contribution in [0.2, 0.25) is 0 Å². The number of halogens is 2. The lowest BCUT2D eigenvalue weighted by molar-refractivity contribution is 0.585. The van der Waals surface area contributed by atoms with Crippen molar-refractivity contribution in [3.63, 3.8) is 0 Å². The highest BCUT2D eigenvalue weighted by molar-refractivity contribution is 5.60. The number of rotatable bonds is 3. The van der Waals surface area contributed by atoms with Gasteiger partial charge in [-0.15, -0.1) is 0 Å². The zero-order chi connectivity index (χ0) is 13.8. The third-order valence-corrected chi connectivity index (χ3v) is 2.57. The van der Waals surface area contributed by atoms with Gasteiger partial charge in [0, 0.05) is 30.2 Å². The Morgan fingerprint density at radius 2 is 2.00 bits per heavy atom. The van der Waals surface area contributed by atoms with Crippen LogP contribution >= 0.6 is 0 Å². The first-order valence-electron chi connectivity index (χ1n) is 5.77. The minimum Gasteiger partial charge on any atom is -0.238 e. The molecule has 0 atom stereocenters. The number of aromatic nitrogens is 2. The standard InChI is InChI=1S/C14H11F2N3/c1-9-7-13(19-14(18-9)3-2-6-17)11-5-4-10(15)8-12(11)16/h4-5,7-8H,2-3H2,1H3. The normalized spacial score (nSPS) is 10.2. The highest BCUT2D eigenvalue weighted by atomic mass is 19.1. The Hall–Kier alpha value is -2.35. The number of benzene rings is 1. The second kappa shape index (κ2) is 5.53. The molecule has 1 heterocycles. The van der Waals surface area contributed by atoms with Crippen molar-refractivity contribution in [2.75, 3.05) is 0 Å². The highest BCUT2D eigenvalue weighted by Crippen LogP contribution is 2.22. The van der Waals surface area contributed by atoms with E-state index in [1.807, 2.05) is 6.07 Å². The quantitative estimate of drug-likeness (QED) is 0.850. The van der Waals surface area contributed by atoms with E-state index in [1.54, 1.807) is 13.0 Å². The largest absolute Gasteiger partial charge is 0.238 e. The molecule has 0 saturated carbocycles. The highest BCUT2D eigenvalue weighted by Gasteiger charge is 2.10. The average Bonchev–Trinajstić information content (AvgIpc) is 2.35. The van der Waals surface area contributed by atoms with Crippen molar-refractivity contribution in [1.29, 1.82) is 5.26 Å². The van der Waals surface area contributed by atoms with Gasteiger partial charge in [-0.3, -0.25) is 0 Å². The van der Waals surface area contributed by atoms with Crippen LogP contribution < -0.4 is 0 Å². The molecule has 0 aliphatic heterocycles. The molecule has 19 heavy (non-hydrogen) atoms. The Bertz CT molecular complexity index is 648. The molecule has 0 aliphatic rings. The van der Waals surface area contributed by atoms with Gasteiger partial charge in [-0.1, -0.05) is 0 Å². The molecule has 0 fully saturated rings. The summed E-state index contributed by atoms with van der Waals surface area (Å²) in [6.45, 7) is 1.77. The van der Waals surface area contributed by atoms with Gasteiger partial charge in [0.05, 0.1) is 11.8 Å². The summed E-state index contributed by atoms with van der Waals surface area (Å²) in [7, 11) is 0. The maximum absolute atomic E-state index is 13.7. The maximum Gasteiger partial charge on any atom is 0.135 e. The summed E-state index contributed by atoms with van der Waals surface area (Å²) in [6.07, 6.45) is 0.711. The van der Waals surface area contributed by atoms with Crippen LogP contribution in [0.15, 0.2) is 24.3 Å². The van der Waals surface area contributed by atoms with Crippen LogP contribution in [0.25, 0.3) is 11.3 Å². The molecule has 0 saturated heterocycles. The molecule has 0 radical (unpaired) electrons. The molecule has 0 aliphatic carbocycles. The zero-order valence-electron chi connectivity index (χ0n) is 10.3. The zero-order valence-corrected chi connectivity index (χ0v) is 10.3. The van der Waals surface area contributed by atoms with Crippen molar-refractivity contribution in [1.82, 2.24) is 9.97 Å². The molecular formula is C14H11F2N3. The van der Waals surface area contributed by atoms with Gasteiger partial charge in [-0.25, -0.2) is 18.7 Å². The van der Waals surface area contributed by atoms with Crippen molar-refractivity contribution in [2.45, 2.75) is 19.8 Å². The molecular weight excluding hydrogens is 248 g/mol. The Morgan fingerprint density at radius 1 is 1.21 bits per heavy atom. The van der Waals surface area contributed by atoms with Gasteiger partial charge in [0.25, 0.3) is 0 Å². The first-order valence-corrected chi connectivity index (χ1v) is 5.77. The minimum absolute atomic E-state index is 0.227. The summed E-state index contributed by atoms with van der Waals surface area (Å²) in [6, 6.07) is 7.00. The fourth-order valence-electron chi connectivity index (χ4n) is 1.74. The minimum atomic E-state index is -0.663. The number of hydrogen-bond acceptors (Lipinski definition) is 3. The second-order valence-electron chi connectivity index (χ2n) is 4.09. The van der Waals surface area contributed by atoms with E-state index in [0.717, 1.165) is 6.07 Å². The van der Waals surface area contributed by atoms with Gasteiger partial charge in [-0.05, 0) is 25.1 Å². The van der Waals surface area contributed by atoms with E-state index in [2.05, 4.69) is 9.97 Å². The van der Waals surface area contributed by atoms with Crippen LogP contribution in [0.4, 0.5) is 8.78 Å². The fraction of sp³-hybridized carbons (Fsp3) is 0.214. The van der Waals surface area contributed by atoms with Crippen LogP contribution in [0.5, 0.6) is 0 Å². The maximum atomic E-state index is 13.7. The summed E-state index contributed by atoms with van der Waals surface area (Å²) >= 11 is 0. The van der Waals surface area contributed by atoms with Gasteiger partial charge < -0.3 is 0 Å². The van der Waals surface area contributed by atoms with E-state index >= 15 is 0 Å². The first-order chi connectivity index (χ1) is 9.10. The van der Waals surface area contributed by atoms with Crippen LogP contribution in [-0.2, 0) is 6.42 Å². The molecule has 96 valence electrons. The molecule has 2 aromatic rings. The number of aryl methyl sites for hydroxylation is 2. The topological polar surface area (TPSA) is 49.6 Å². The molecule has 1 aromatic heterocycles. The average molecular weight is 259 g/mol. The van der Waals surface area contributed by atoms with Crippen molar-refractivity contribution in [3.8, 4) is 17.3 Å². The molecule has 0 N–H and O–H groups in total. The van der Waals surface area contributed by atoms with E-state index in [0.29, 0.717) is 30.1 Å².